The van der Waals surface area contributed by atoms with Gasteiger partial charge in [-0.05, 0) is 35.9 Å². The topological polar surface area (TPSA) is 42.2 Å². The van der Waals surface area contributed by atoms with E-state index < -0.39 is 0 Å². The fraction of sp³-hybridized carbons (Fsp3) is 0.188. The zero-order chi connectivity index (χ0) is 15.2. The molecular formula is C16H14ClNO2S. The highest BCUT2D eigenvalue weighted by atomic mass is 35.5. The van der Waals surface area contributed by atoms with Crippen LogP contribution in [0.1, 0.15) is 10.8 Å². The first-order valence-corrected chi connectivity index (χ1v) is 7.47. The number of halogens is 1. The number of hydrogen-bond donors (Lipinski definition) is 0. The molecule has 1 unspecified atom stereocenters. The molecule has 1 atom stereocenters. The Labute approximate surface area is 133 Å². The SMILES string of the molecule is COc1ccc(C(C#N)Sc2ccc(Cl)c(OC)c2)cc1. The number of rotatable bonds is 5. The van der Waals surface area contributed by atoms with Crippen molar-refractivity contribution in [2.24, 2.45) is 0 Å². The monoisotopic (exact) mass is 319 g/mol. The summed E-state index contributed by atoms with van der Waals surface area (Å²) in [6.07, 6.45) is 0. The lowest BCUT2D eigenvalue weighted by molar-refractivity contribution is 0.414. The first-order chi connectivity index (χ1) is 10.2. The maximum absolute atomic E-state index is 9.39. The molecule has 0 aliphatic heterocycles. The quantitative estimate of drug-likeness (QED) is 0.748. The molecule has 0 spiro atoms. The molecule has 5 heteroatoms. The summed E-state index contributed by atoms with van der Waals surface area (Å²) in [6.45, 7) is 0. The Morgan fingerprint density at radius 3 is 2.38 bits per heavy atom. The fourth-order valence-corrected chi connectivity index (χ4v) is 2.93. The van der Waals surface area contributed by atoms with Gasteiger partial charge < -0.3 is 9.47 Å². The molecule has 2 aromatic rings. The van der Waals surface area contributed by atoms with Gasteiger partial charge >= 0.3 is 0 Å². The van der Waals surface area contributed by atoms with E-state index in [1.165, 1.54) is 11.8 Å². The minimum atomic E-state index is -0.304. The summed E-state index contributed by atoms with van der Waals surface area (Å²) in [5.74, 6) is 1.38. The van der Waals surface area contributed by atoms with E-state index in [4.69, 9.17) is 21.1 Å². The van der Waals surface area contributed by atoms with Crippen LogP contribution in [0, 0.1) is 11.3 Å². The van der Waals surface area contributed by atoms with Gasteiger partial charge in [-0.15, -0.1) is 11.8 Å². The van der Waals surface area contributed by atoms with Gasteiger partial charge in [-0.1, -0.05) is 23.7 Å². The van der Waals surface area contributed by atoms with Crippen molar-refractivity contribution in [2.45, 2.75) is 10.1 Å². The lowest BCUT2D eigenvalue weighted by Crippen LogP contribution is -1.92. The normalized spacial score (nSPS) is 11.5. The second-order valence-electron chi connectivity index (χ2n) is 4.20. The highest BCUT2D eigenvalue weighted by Gasteiger charge is 2.13. The number of methoxy groups -OCH3 is 2. The van der Waals surface area contributed by atoms with Crippen LogP contribution < -0.4 is 9.47 Å². The molecule has 3 nitrogen and oxygen atoms in total. The Morgan fingerprint density at radius 2 is 1.81 bits per heavy atom. The first kappa shape index (κ1) is 15.6. The average molecular weight is 320 g/mol. The summed E-state index contributed by atoms with van der Waals surface area (Å²) in [7, 11) is 3.19. The van der Waals surface area contributed by atoms with Crippen LogP contribution in [-0.4, -0.2) is 14.2 Å². The van der Waals surface area contributed by atoms with E-state index in [0.29, 0.717) is 10.8 Å². The molecule has 0 aromatic heterocycles. The summed E-state index contributed by atoms with van der Waals surface area (Å²) in [6, 6.07) is 15.3. The predicted octanol–water partition coefficient (Wildman–Crippen LogP) is 4.71. The van der Waals surface area contributed by atoms with E-state index >= 15 is 0 Å². The molecule has 0 fully saturated rings. The van der Waals surface area contributed by atoms with Crippen molar-refractivity contribution in [3.05, 3.63) is 53.1 Å². The maximum Gasteiger partial charge on any atom is 0.138 e. The van der Waals surface area contributed by atoms with Crippen LogP contribution in [0.25, 0.3) is 0 Å². The molecule has 2 rings (SSSR count). The molecule has 0 aliphatic rings. The van der Waals surface area contributed by atoms with Crippen molar-refractivity contribution < 1.29 is 9.47 Å². The summed E-state index contributed by atoms with van der Waals surface area (Å²) in [5.41, 5.74) is 0.928. The first-order valence-electron chi connectivity index (χ1n) is 6.21. The van der Waals surface area contributed by atoms with Gasteiger partial charge in [0.25, 0.3) is 0 Å². The van der Waals surface area contributed by atoms with Crippen LogP contribution in [0.5, 0.6) is 11.5 Å². The smallest absolute Gasteiger partial charge is 0.138 e. The maximum atomic E-state index is 9.39. The number of thioether (sulfide) groups is 1. The van der Waals surface area contributed by atoms with E-state index in [9.17, 15) is 5.26 Å². The van der Waals surface area contributed by atoms with E-state index in [1.54, 1.807) is 20.3 Å². The number of nitriles is 1. The van der Waals surface area contributed by atoms with E-state index in [-0.39, 0.29) is 5.25 Å². The molecule has 0 bridgehead atoms. The number of nitrogens with zero attached hydrogens (tertiary/aromatic N) is 1. The standard InChI is InChI=1S/C16H14ClNO2S/c1-19-12-5-3-11(4-6-12)16(10-18)21-13-7-8-14(17)15(9-13)20-2/h3-9,16H,1-2H3. The number of ether oxygens (including phenoxy) is 2. The fourth-order valence-electron chi connectivity index (χ4n) is 1.80. The Balaban J connectivity index is 2.20. The molecule has 0 N–H and O–H groups in total. The van der Waals surface area contributed by atoms with Gasteiger partial charge in [-0.3, -0.25) is 0 Å². The number of hydrogen-bond acceptors (Lipinski definition) is 4. The van der Waals surface area contributed by atoms with Gasteiger partial charge in [0.05, 0.1) is 25.3 Å². The van der Waals surface area contributed by atoms with Crippen molar-refractivity contribution in [1.29, 1.82) is 5.26 Å². The Kier molecular flexibility index (Phi) is 5.38. The molecule has 0 saturated carbocycles. The number of benzene rings is 2. The molecule has 0 heterocycles. The highest BCUT2D eigenvalue weighted by molar-refractivity contribution is 7.99. The van der Waals surface area contributed by atoms with Gasteiger partial charge in [0, 0.05) is 4.90 Å². The molecule has 0 saturated heterocycles. The van der Waals surface area contributed by atoms with Crippen LogP contribution in [0.15, 0.2) is 47.4 Å². The third-order valence-electron chi connectivity index (χ3n) is 2.91. The molecule has 0 amide bonds. The lowest BCUT2D eigenvalue weighted by atomic mass is 10.1. The summed E-state index contributed by atoms with van der Waals surface area (Å²) >= 11 is 7.46. The summed E-state index contributed by atoms with van der Waals surface area (Å²) < 4.78 is 10.3. The predicted molar refractivity (Wildman–Crippen MR) is 85.2 cm³/mol. The van der Waals surface area contributed by atoms with E-state index in [2.05, 4.69) is 6.07 Å². The third-order valence-corrected chi connectivity index (χ3v) is 4.36. The summed E-state index contributed by atoms with van der Waals surface area (Å²) in [4.78, 5) is 0.929. The van der Waals surface area contributed by atoms with Gasteiger partial charge in [-0.25, -0.2) is 0 Å². The second kappa shape index (κ2) is 7.26. The van der Waals surface area contributed by atoms with Crippen LogP contribution in [0.2, 0.25) is 5.02 Å². The average Bonchev–Trinajstić information content (AvgIpc) is 2.54. The van der Waals surface area contributed by atoms with Gasteiger partial charge in [0.2, 0.25) is 0 Å². The highest BCUT2D eigenvalue weighted by Crippen LogP contribution is 2.38. The molecule has 108 valence electrons. The van der Waals surface area contributed by atoms with Gasteiger partial charge in [-0.2, -0.15) is 5.26 Å². The van der Waals surface area contributed by atoms with Crippen molar-refractivity contribution in [1.82, 2.24) is 0 Å². The van der Waals surface area contributed by atoms with Crippen molar-refractivity contribution in [3.63, 3.8) is 0 Å². The largest absolute Gasteiger partial charge is 0.497 e. The van der Waals surface area contributed by atoms with E-state index in [0.717, 1.165) is 16.2 Å². The minimum Gasteiger partial charge on any atom is -0.497 e. The molecule has 2 aromatic carbocycles. The minimum absolute atomic E-state index is 0.304. The zero-order valence-corrected chi connectivity index (χ0v) is 13.2. The van der Waals surface area contributed by atoms with E-state index in [1.807, 2.05) is 36.4 Å². The van der Waals surface area contributed by atoms with Crippen molar-refractivity contribution in [2.75, 3.05) is 14.2 Å². The third kappa shape index (κ3) is 3.84. The zero-order valence-electron chi connectivity index (χ0n) is 11.7. The van der Waals surface area contributed by atoms with Crippen LogP contribution in [0.4, 0.5) is 0 Å². The summed E-state index contributed by atoms with van der Waals surface area (Å²) in [5, 5.41) is 9.64. The molecular weight excluding hydrogens is 306 g/mol. The Bertz CT molecular complexity index is 652. The second-order valence-corrected chi connectivity index (χ2v) is 5.78. The molecule has 0 aliphatic carbocycles. The Hall–Kier alpha value is -1.83. The van der Waals surface area contributed by atoms with Crippen LogP contribution in [0.3, 0.4) is 0 Å². The van der Waals surface area contributed by atoms with Crippen LogP contribution >= 0.6 is 23.4 Å². The lowest BCUT2D eigenvalue weighted by Gasteiger charge is -2.11. The molecule has 21 heavy (non-hydrogen) atoms. The Morgan fingerprint density at radius 1 is 1.10 bits per heavy atom. The van der Waals surface area contributed by atoms with Crippen molar-refractivity contribution in [3.8, 4) is 17.6 Å². The molecule has 0 radical (unpaired) electrons. The van der Waals surface area contributed by atoms with Gasteiger partial charge in [0.1, 0.15) is 16.7 Å². The van der Waals surface area contributed by atoms with Crippen LogP contribution in [-0.2, 0) is 0 Å². The van der Waals surface area contributed by atoms with Gasteiger partial charge in [0.15, 0.2) is 0 Å². The van der Waals surface area contributed by atoms with Crippen molar-refractivity contribution >= 4 is 23.4 Å².